The van der Waals surface area contributed by atoms with Crippen LogP contribution in [0, 0.1) is 12.7 Å². The number of hydrogen-bond donors (Lipinski definition) is 1. The topological polar surface area (TPSA) is 120 Å². The van der Waals surface area contributed by atoms with Crippen LogP contribution in [0.15, 0.2) is 41.5 Å². The highest BCUT2D eigenvalue weighted by molar-refractivity contribution is 7.95. The van der Waals surface area contributed by atoms with Crippen molar-refractivity contribution in [2.45, 2.75) is 68.4 Å². The zero-order valence-electron chi connectivity index (χ0n) is 20.4. The van der Waals surface area contributed by atoms with Gasteiger partial charge in [-0.15, -0.1) is 8.78 Å². The Labute approximate surface area is 207 Å². The summed E-state index contributed by atoms with van der Waals surface area (Å²) in [6.07, 6.45) is 0.145. The number of aryl methyl sites for hydroxylation is 1. The number of Topliss-reactive ketones (excluding diaryl/α,β-unsaturated/α-hetero) is 1. The smallest absolute Gasteiger partial charge is 0.386 e. The highest BCUT2D eigenvalue weighted by atomic mass is 32.2. The molecule has 1 fully saturated rings. The van der Waals surface area contributed by atoms with Crippen LogP contribution in [-0.2, 0) is 21.8 Å². The Morgan fingerprint density at radius 1 is 1.11 bits per heavy atom. The molecule has 2 bridgehead atoms. The lowest BCUT2D eigenvalue weighted by Crippen LogP contribution is -2.69. The minimum Gasteiger partial charge on any atom is -0.386 e. The van der Waals surface area contributed by atoms with Gasteiger partial charge in [0.05, 0.1) is 4.75 Å². The molecule has 2 aromatic rings. The highest BCUT2D eigenvalue weighted by Crippen LogP contribution is 2.56. The van der Waals surface area contributed by atoms with E-state index >= 15 is 4.39 Å². The van der Waals surface area contributed by atoms with Gasteiger partial charge >= 0.3 is 6.29 Å². The first-order valence-electron chi connectivity index (χ1n) is 11.3. The molecular formula is C25H28F3N3O4S. The van der Waals surface area contributed by atoms with E-state index in [1.165, 1.54) is 12.1 Å². The number of hydrogen-bond acceptors (Lipinski definition) is 7. The summed E-state index contributed by atoms with van der Waals surface area (Å²) in [7, 11) is -3.77. The number of fused-ring (bicyclic) bond motifs is 2. The predicted octanol–water partition coefficient (Wildman–Crippen LogP) is 4.70. The van der Waals surface area contributed by atoms with Crippen molar-refractivity contribution in [2.24, 2.45) is 10.7 Å². The number of aliphatic imine (C=N–C) groups is 1. The number of halogens is 3. The van der Waals surface area contributed by atoms with Gasteiger partial charge in [0.2, 0.25) is 0 Å². The standard InChI is InChI=1S/C24H28FN3O3S.CF2O/c1-15-7-5-12-27-20(15)19(29)14-16-8-9-18(25)17(13-16)24(4)23(3)11-6-10-22(2,21(26)28-24)32(23,30)31;2-1(3)4/h5,7-9,12-13H,6,10-11,14H2,1-4H3,(H2,26,28);/t22-,23+,24-;/m1./s1. The molecule has 194 valence electrons. The van der Waals surface area contributed by atoms with E-state index in [1.54, 1.807) is 39.1 Å². The van der Waals surface area contributed by atoms with Crippen LogP contribution in [-0.4, -0.2) is 40.8 Å². The zero-order chi connectivity index (χ0) is 27.1. The third kappa shape index (κ3) is 4.23. The van der Waals surface area contributed by atoms with E-state index in [4.69, 9.17) is 10.5 Å². The molecule has 0 amide bonds. The molecule has 0 spiro atoms. The Hall–Kier alpha value is -3.08. The van der Waals surface area contributed by atoms with Gasteiger partial charge < -0.3 is 5.73 Å². The van der Waals surface area contributed by atoms with E-state index in [-0.39, 0.29) is 23.6 Å². The van der Waals surface area contributed by atoms with E-state index in [2.05, 4.69) is 9.98 Å². The van der Waals surface area contributed by atoms with Gasteiger partial charge in [0.1, 0.15) is 27.6 Å². The number of pyridine rings is 1. The van der Waals surface area contributed by atoms with Crippen LogP contribution in [0.4, 0.5) is 18.0 Å². The lowest BCUT2D eigenvalue weighted by atomic mass is 9.74. The fraction of sp³-hybridized carbons (Fsp3) is 0.440. The van der Waals surface area contributed by atoms with Crippen molar-refractivity contribution in [3.63, 3.8) is 0 Å². The van der Waals surface area contributed by atoms with Crippen molar-refractivity contribution < 1.29 is 31.2 Å². The zero-order valence-corrected chi connectivity index (χ0v) is 21.3. The molecule has 0 radical (unpaired) electrons. The van der Waals surface area contributed by atoms with Crippen LogP contribution in [0.3, 0.4) is 0 Å². The summed E-state index contributed by atoms with van der Waals surface area (Å²) in [5, 5.41) is 0. The summed E-state index contributed by atoms with van der Waals surface area (Å²) < 4.78 is 59.4. The minimum absolute atomic E-state index is 0.0155. The summed E-state index contributed by atoms with van der Waals surface area (Å²) in [5.74, 6) is -0.747. The first-order valence-corrected chi connectivity index (χ1v) is 12.8. The van der Waals surface area contributed by atoms with Crippen LogP contribution in [0.5, 0.6) is 0 Å². The van der Waals surface area contributed by atoms with E-state index in [0.29, 0.717) is 30.5 Å². The Bertz CT molecular complexity index is 1360. The van der Waals surface area contributed by atoms with Gasteiger partial charge in [0.25, 0.3) is 0 Å². The molecule has 11 heteroatoms. The summed E-state index contributed by atoms with van der Waals surface area (Å²) >= 11 is 0. The molecule has 0 aliphatic carbocycles. The van der Waals surface area contributed by atoms with Gasteiger partial charge in [0.15, 0.2) is 15.6 Å². The lowest BCUT2D eigenvalue weighted by Gasteiger charge is -2.55. The minimum atomic E-state index is -3.77. The molecule has 1 saturated heterocycles. The maximum atomic E-state index is 15.2. The van der Waals surface area contributed by atoms with Crippen LogP contribution in [0.2, 0.25) is 0 Å². The molecule has 0 unspecified atom stereocenters. The van der Waals surface area contributed by atoms with Gasteiger partial charge in [-0.3, -0.25) is 14.8 Å². The van der Waals surface area contributed by atoms with Crippen molar-refractivity contribution in [3.8, 4) is 0 Å². The number of carbonyl (C=O) groups is 2. The van der Waals surface area contributed by atoms with Crippen molar-refractivity contribution in [1.29, 1.82) is 0 Å². The molecular weight excluding hydrogens is 495 g/mol. The van der Waals surface area contributed by atoms with Gasteiger partial charge in [-0.25, -0.2) is 17.6 Å². The van der Waals surface area contributed by atoms with Gasteiger partial charge in [0, 0.05) is 18.2 Å². The number of rotatable bonds is 4. The SMILES string of the molecule is Cc1cccnc1C(=O)Cc1ccc(F)c([C@@]2(C)N=C(N)[C@@]3(C)CCC[C@]2(C)S3(=O)=O)c1.O=C(F)F. The molecule has 2 aliphatic heterocycles. The van der Waals surface area contributed by atoms with Crippen molar-refractivity contribution in [3.05, 3.63) is 64.7 Å². The summed E-state index contributed by atoms with van der Waals surface area (Å²) in [5.41, 5.74) is 6.63. The Morgan fingerprint density at radius 2 is 1.75 bits per heavy atom. The van der Waals surface area contributed by atoms with Crippen molar-refractivity contribution in [1.82, 2.24) is 4.98 Å². The van der Waals surface area contributed by atoms with E-state index in [9.17, 15) is 22.0 Å². The number of aromatic nitrogens is 1. The number of nitrogens with zero attached hydrogens (tertiary/aromatic N) is 2. The summed E-state index contributed by atoms with van der Waals surface area (Å²) in [6.45, 7) is 6.70. The Balaban J connectivity index is 0.000000840. The molecule has 4 rings (SSSR count). The molecule has 3 atom stereocenters. The molecule has 7 nitrogen and oxygen atoms in total. The van der Waals surface area contributed by atoms with E-state index < -0.39 is 37.0 Å². The normalized spacial score (nSPS) is 28.4. The molecule has 1 aromatic heterocycles. The first-order chi connectivity index (χ1) is 16.6. The van der Waals surface area contributed by atoms with Crippen molar-refractivity contribution >= 4 is 27.7 Å². The molecule has 2 aliphatic rings. The van der Waals surface area contributed by atoms with Crippen molar-refractivity contribution in [2.75, 3.05) is 0 Å². The predicted molar refractivity (Wildman–Crippen MR) is 130 cm³/mol. The summed E-state index contributed by atoms with van der Waals surface area (Å²) in [6, 6.07) is 7.93. The maximum absolute atomic E-state index is 15.2. The number of amidine groups is 1. The third-order valence-electron chi connectivity index (χ3n) is 7.60. The molecule has 1 aromatic carbocycles. The Kier molecular flexibility index (Phi) is 7.20. The number of nitrogens with two attached hydrogens (primary N) is 1. The van der Waals surface area contributed by atoms with E-state index in [0.717, 1.165) is 5.56 Å². The average molecular weight is 524 g/mol. The Morgan fingerprint density at radius 3 is 2.36 bits per heavy atom. The fourth-order valence-electron chi connectivity index (χ4n) is 5.22. The summed E-state index contributed by atoms with van der Waals surface area (Å²) in [4.78, 5) is 29.7. The van der Waals surface area contributed by atoms with Gasteiger partial charge in [-0.05, 0) is 76.3 Å². The first kappa shape index (κ1) is 27.5. The maximum Gasteiger partial charge on any atom is 0.483 e. The largest absolute Gasteiger partial charge is 0.483 e. The number of benzene rings is 1. The second kappa shape index (κ2) is 9.42. The second-order valence-corrected chi connectivity index (χ2v) is 12.5. The molecule has 2 N–H and O–H groups in total. The number of sulfone groups is 1. The highest BCUT2D eigenvalue weighted by Gasteiger charge is 2.67. The van der Waals surface area contributed by atoms with Gasteiger partial charge in [-0.1, -0.05) is 12.1 Å². The van der Waals surface area contributed by atoms with Gasteiger partial charge in [-0.2, -0.15) is 0 Å². The van der Waals surface area contributed by atoms with Crippen LogP contribution in [0.25, 0.3) is 0 Å². The van der Waals surface area contributed by atoms with Crippen LogP contribution < -0.4 is 5.73 Å². The molecule has 0 saturated carbocycles. The molecule has 36 heavy (non-hydrogen) atoms. The number of ketones is 1. The molecule has 3 heterocycles. The monoisotopic (exact) mass is 523 g/mol. The lowest BCUT2D eigenvalue weighted by molar-refractivity contribution is 0.0987. The average Bonchev–Trinajstić information content (AvgIpc) is 2.77. The van der Waals surface area contributed by atoms with Crippen LogP contribution >= 0.6 is 0 Å². The second-order valence-electron chi connectivity index (χ2n) is 9.70. The van der Waals surface area contributed by atoms with E-state index in [1.807, 2.05) is 13.0 Å². The van der Waals surface area contributed by atoms with Crippen LogP contribution in [0.1, 0.15) is 67.2 Å². The quantitative estimate of drug-likeness (QED) is 0.458. The third-order valence-corrected chi connectivity index (χ3v) is 11.0. The fourth-order valence-corrected chi connectivity index (χ4v) is 8.04. The number of carbonyl (C=O) groups excluding carboxylic acids is 2.